The maximum Gasteiger partial charge on any atom is 0.282 e. The Balaban J connectivity index is 1.14. The molecule has 2 aromatic heterocycles. The summed E-state index contributed by atoms with van der Waals surface area (Å²) in [6, 6.07) is 10.5. The van der Waals surface area contributed by atoms with Crippen molar-refractivity contribution in [2.24, 2.45) is 5.92 Å². The van der Waals surface area contributed by atoms with Gasteiger partial charge in [-0.2, -0.15) is 32.4 Å². The molecule has 7 rings (SSSR count). The molecule has 4 aliphatic rings. The summed E-state index contributed by atoms with van der Waals surface area (Å²) in [7, 11) is -3.54. The Morgan fingerprint density at radius 2 is 1.84 bits per heavy atom. The van der Waals surface area contributed by atoms with E-state index >= 15 is 0 Å². The average molecular weight is 534 g/mol. The van der Waals surface area contributed by atoms with Gasteiger partial charge in [0, 0.05) is 48.4 Å². The molecule has 0 spiro atoms. The average Bonchev–Trinajstić information content (AvgIpc) is 3.56. The van der Waals surface area contributed by atoms with Gasteiger partial charge >= 0.3 is 0 Å². The van der Waals surface area contributed by atoms with Gasteiger partial charge in [0.25, 0.3) is 10.2 Å². The summed E-state index contributed by atoms with van der Waals surface area (Å²) in [4.78, 5) is 9.73. The molecule has 0 amide bonds. The number of aromatic amines is 1. The number of fused-ring (bicyclic) bond motifs is 3. The zero-order chi connectivity index (χ0) is 26.0. The van der Waals surface area contributed by atoms with Crippen LogP contribution in [0.4, 0.5) is 17.6 Å². The fourth-order valence-electron chi connectivity index (χ4n) is 6.23. The first-order valence-electron chi connectivity index (χ1n) is 13.4. The summed E-state index contributed by atoms with van der Waals surface area (Å²) in [5.74, 6) is 2.36. The number of anilines is 3. The second-order valence-corrected chi connectivity index (χ2v) is 13.0. The molecule has 12 heteroatoms. The topological polar surface area (TPSA) is 143 Å². The molecule has 4 fully saturated rings. The van der Waals surface area contributed by atoms with Gasteiger partial charge in [-0.15, -0.1) is 0 Å². The highest BCUT2D eigenvalue weighted by Crippen LogP contribution is 2.42. The van der Waals surface area contributed by atoms with Gasteiger partial charge in [0.1, 0.15) is 5.82 Å². The molecule has 1 aromatic carbocycles. The highest BCUT2D eigenvalue weighted by Gasteiger charge is 2.51. The maximum absolute atomic E-state index is 13.3. The molecule has 1 aliphatic carbocycles. The molecular formula is C26H31N9O2S. The van der Waals surface area contributed by atoms with Crippen LogP contribution in [0.2, 0.25) is 0 Å². The third-order valence-electron chi connectivity index (χ3n) is 8.34. The van der Waals surface area contributed by atoms with E-state index in [1.165, 1.54) is 22.7 Å². The number of rotatable bonds is 7. The van der Waals surface area contributed by atoms with Crippen LogP contribution in [0.5, 0.6) is 0 Å². The number of aryl methyl sites for hydroxylation is 1. The fourth-order valence-corrected chi connectivity index (χ4v) is 8.37. The monoisotopic (exact) mass is 533 g/mol. The Bertz CT molecular complexity index is 1520. The van der Waals surface area contributed by atoms with E-state index in [9.17, 15) is 8.42 Å². The summed E-state index contributed by atoms with van der Waals surface area (Å²) >= 11 is 0. The van der Waals surface area contributed by atoms with Gasteiger partial charge in [0.05, 0.1) is 17.5 Å². The number of H-pyrrole nitrogens is 1. The van der Waals surface area contributed by atoms with Crippen molar-refractivity contribution in [3.8, 4) is 6.07 Å². The van der Waals surface area contributed by atoms with Crippen LogP contribution in [0.3, 0.4) is 0 Å². The number of nitrogens with one attached hydrogen (secondary N) is 3. The lowest BCUT2D eigenvalue weighted by molar-refractivity contribution is 0.182. The van der Waals surface area contributed by atoms with E-state index in [1.807, 2.05) is 13.0 Å². The maximum atomic E-state index is 13.3. The van der Waals surface area contributed by atoms with Crippen molar-refractivity contribution in [1.29, 1.82) is 5.26 Å². The van der Waals surface area contributed by atoms with Gasteiger partial charge in [-0.1, -0.05) is 6.07 Å². The summed E-state index contributed by atoms with van der Waals surface area (Å²) in [5.41, 5.74) is 3.15. The minimum atomic E-state index is -3.54. The van der Waals surface area contributed by atoms with Crippen molar-refractivity contribution in [3.63, 3.8) is 0 Å². The molecule has 3 aromatic rings. The van der Waals surface area contributed by atoms with Crippen LogP contribution in [-0.4, -0.2) is 68.4 Å². The molecule has 3 aliphatic heterocycles. The van der Waals surface area contributed by atoms with Crippen LogP contribution in [0.15, 0.2) is 24.3 Å². The first-order chi connectivity index (χ1) is 18.4. The van der Waals surface area contributed by atoms with Gasteiger partial charge < -0.3 is 10.6 Å². The zero-order valence-corrected chi connectivity index (χ0v) is 22.1. The molecule has 38 heavy (non-hydrogen) atoms. The number of hydrogen-bond acceptors (Lipinski definition) is 8. The second-order valence-electron chi connectivity index (χ2n) is 11.2. The lowest BCUT2D eigenvalue weighted by Crippen LogP contribution is -2.59. The first kappa shape index (κ1) is 23.8. The molecular weight excluding hydrogens is 502 g/mol. The number of nitriles is 1. The quantitative estimate of drug-likeness (QED) is 0.419. The van der Waals surface area contributed by atoms with Crippen molar-refractivity contribution in [2.75, 3.05) is 23.7 Å². The van der Waals surface area contributed by atoms with E-state index < -0.39 is 10.2 Å². The van der Waals surface area contributed by atoms with E-state index in [1.54, 1.807) is 4.31 Å². The summed E-state index contributed by atoms with van der Waals surface area (Å²) < 4.78 is 29.8. The molecule has 2 bridgehead atoms. The molecule has 2 unspecified atom stereocenters. The van der Waals surface area contributed by atoms with Gasteiger partial charge in [0.15, 0.2) is 5.82 Å². The van der Waals surface area contributed by atoms with Crippen molar-refractivity contribution >= 4 is 38.7 Å². The number of piperidine rings is 1. The number of nitrogens with zero attached hydrogens (tertiary/aromatic N) is 6. The Morgan fingerprint density at radius 1 is 1.08 bits per heavy atom. The van der Waals surface area contributed by atoms with Crippen molar-refractivity contribution in [1.82, 2.24) is 28.8 Å². The molecule has 11 nitrogen and oxygen atoms in total. The summed E-state index contributed by atoms with van der Waals surface area (Å²) in [6.45, 7) is 2.56. The Hall–Kier alpha value is -3.27. The minimum Gasteiger partial charge on any atom is -0.351 e. The van der Waals surface area contributed by atoms with Gasteiger partial charge in [-0.3, -0.25) is 5.10 Å². The van der Waals surface area contributed by atoms with Crippen molar-refractivity contribution in [3.05, 3.63) is 35.5 Å². The summed E-state index contributed by atoms with van der Waals surface area (Å²) in [5, 5.41) is 24.2. The molecule has 2 atom stereocenters. The lowest BCUT2D eigenvalue weighted by Gasteiger charge is -2.43. The molecule has 198 valence electrons. The second kappa shape index (κ2) is 8.90. The van der Waals surface area contributed by atoms with E-state index in [0.29, 0.717) is 49.4 Å². The predicted octanol–water partition coefficient (Wildman–Crippen LogP) is 3.39. The van der Waals surface area contributed by atoms with Crippen LogP contribution in [0.25, 0.3) is 10.9 Å². The number of aromatic nitrogens is 4. The van der Waals surface area contributed by atoms with Gasteiger partial charge in [-0.05, 0) is 69.1 Å². The predicted molar refractivity (Wildman–Crippen MR) is 143 cm³/mol. The molecule has 1 saturated carbocycles. The van der Waals surface area contributed by atoms with Crippen LogP contribution >= 0.6 is 0 Å². The van der Waals surface area contributed by atoms with Crippen molar-refractivity contribution < 1.29 is 8.42 Å². The number of hydrogen-bond donors (Lipinski definition) is 3. The lowest BCUT2D eigenvalue weighted by atomic mass is 10.00. The fraction of sp³-hybridized carbons (Fsp3) is 0.538. The minimum absolute atomic E-state index is 0.0519. The van der Waals surface area contributed by atoms with Crippen LogP contribution < -0.4 is 10.6 Å². The highest BCUT2D eigenvalue weighted by atomic mass is 32.2. The van der Waals surface area contributed by atoms with Gasteiger partial charge in [0.2, 0.25) is 5.95 Å². The van der Waals surface area contributed by atoms with Crippen LogP contribution in [0, 0.1) is 24.2 Å². The molecule has 3 N–H and O–H groups in total. The molecule has 0 radical (unpaired) electrons. The number of benzene rings is 1. The normalized spacial score (nSPS) is 26.3. The molecule has 5 heterocycles. The SMILES string of the molecule is Cc1cc(Nc2nc(NC3CC4CCC(C3)N4S(=O)(=O)N3CC(C#N)C3)nc3cc(C4CC4)ccc23)n[nH]1. The van der Waals surface area contributed by atoms with E-state index in [2.05, 4.69) is 45.1 Å². The largest absolute Gasteiger partial charge is 0.351 e. The third-order valence-corrected chi connectivity index (χ3v) is 10.4. The Labute approximate surface area is 221 Å². The summed E-state index contributed by atoms with van der Waals surface area (Å²) in [6.07, 6.45) is 5.56. The van der Waals surface area contributed by atoms with Crippen LogP contribution in [-0.2, 0) is 10.2 Å². The van der Waals surface area contributed by atoms with Crippen molar-refractivity contribution in [2.45, 2.75) is 69.5 Å². The third kappa shape index (κ3) is 4.19. The van der Waals surface area contributed by atoms with Crippen LogP contribution in [0.1, 0.15) is 55.7 Å². The van der Waals surface area contributed by atoms with E-state index in [-0.39, 0.29) is 24.0 Å². The smallest absolute Gasteiger partial charge is 0.282 e. The highest BCUT2D eigenvalue weighted by molar-refractivity contribution is 7.86. The van der Waals surface area contributed by atoms with Gasteiger partial charge in [-0.25, -0.2) is 4.98 Å². The molecule has 3 saturated heterocycles. The standard InChI is InChI=1S/C26H31N9O2S/c1-15-8-24(33-32-15)30-25-22-7-4-18(17-2-3-17)9-23(22)29-26(31-25)28-19-10-20-5-6-21(11-19)35(20)38(36,37)34-13-16(12-27)14-34/h4,7-9,16-17,19-21H,2-3,5-6,10-11,13-14H2,1H3,(H3,28,29,30,31,32,33). The van der Waals surface area contributed by atoms with E-state index in [4.69, 9.17) is 15.2 Å². The zero-order valence-electron chi connectivity index (χ0n) is 21.3. The Kier molecular flexibility index (Phi) is 5.58. The van der Waals surface area contributed by atoms with E-state index in [0.717, 1.165) is 29.4 Å². The first-order valence-corrected chi connectivity index (χ1v) is 14.8. The Morgan fingerprint density at radius 3 is 2.50 bits per heavy atom.